The fraction of sp³-hybridized carbons (Fsp3) is 0.462. The van der Waals surface area contributed by atoms with Crippen molar-refractivity contribution in [3.63, 3.8) is 0 Å². The number of carbonyl (C=O) groups is 1. The molecule has 1 aliphatic carbocycles. The fourth-order valence-electron chi connectivity index (χ4n) is 2.00. The van der Waals surface area contributed by atoms with Crippen LogP contribution in [0.3, 0.4) is 0 Å². The SMILES string of the molecule is CCN(C(=O)CNc1c(F)cc(F)cc1Cl)C1CC1. The molecule has 19 heavy (non-hydrogen) atoms. The first-order valence-corrected chi connectivity index (χ1v) is 6.58. The molecule has 2 rings (SSSR count). The molecule has 104 valence electrons. The van der Waals surface area contributed by atoms with E-state index >= 15 is 0 Å². The molecule has 1 aromatic rings. The van der Waals surface area contributed by atoms with Gasteiger partial charge in [-0.15, -0.1) is 0 Å². The number of likely N-dealkylation sites (N-methyl/N-ethyl adjacent to an activating group) is 1. The van der Waals surface area contributed by atoms with Crippen LogP contribution in [0.15, 0.2) is 12.1 Å². The lowest BCUT2D eigenvalue weighted by Crippen LogP contribution is -2.37. The number of amides is 1. The summed E-state index contributed by atoms with van der Waals surface area (Å²) in [5.74, 6) is -1.65. The summed E-state index contributed by atoms with van der Waals surface area (Å²) in [6, 6.07) is 2.06. The van der Waals surface area contributed by atoms with Gasteiger partial charge in [0.2, 0.25) is 5.91 Å². The van der Waals surface area contributed by atoms with Crippen molar-refractivity contribution in [2.24, 2.45) is 0 Å². The maximum absolute atomic E-state index is 13.5. The second-order valence-electron chi connectivity index (χ2n) is 4.51. The van der Waals surface area contributed by atoms with E-state index in [2.05, 4.69) is 5.32 Å². The van der Waals surface area contributed by atoms with Gasteiger partial charge < -0.3 is 10.2 Å². The van der Waals surface area contributed by atoms with E-state index in [1.807, 2.05) is 6.92 Å². The second kappa shape index (κ2) is 5.74. The predicted octanol–water partition coefficient (Wildman–Crippen LogP) is 3.04. The van der Waals surface area contributed by atoms with Crippen LogP contribution in [-0.4, -0.2) is 29.9 Å². The summed E-state index contributed by atoms with van der Waals surface area (Å²) in [6.45, 7) is 2.49. The summed E-state index contributed by atoms with van der Waals surface area (Å²) in [6.07, 6.45) is 2.04. The zero-order valence-electron chi connectivity index (χ0n) is 10.5. The fourth-order valence-corrected chi connectivity index (χ4v) is 2.26. The molecule has 1 saturated carbocycles. The van der Waals surface area contributed by atoms with Crippen molar-refractivity contribution in [1.29, 1.82) is 0 Å². The molecule has 1 aromatic carbocycles. The predicted molar refractivity (Wildman–Crippen MR) is 70.3 cm³/mol. The van der Waals surface area contributed by atoms with Crippen molar-refractivity contribution in [3.8, 4) is 0 Å². The Bertz CT molecular complexity index is 469. The average molecular weight is 289 g/mol. The van der Waals surface area contributed by atoms with Gasteiger partial charge in [0.1, 0.15) is 5.82 Å². The minimum absolute atomic E-state index is 0.0386. The monoisotopic (exact) mass is 288 g/mol. The summed E-state index contributed by atoms with van der Waals surface area (Å²) < 4.78 is 26.4. The summed E-state index contributed by atoms with van der Waals surface area (Å²) in [4.78, 5) is 13.7. The van der Waals surface area contributed by atoms with Gasteiger partial charge in [0.15, 0.2) is 5.82 Å². The van der Waals surface area contributed by atoms with Gasteiger partial charge in [0.25, 0.3) is 0 Å². The molecular formula is C13H15ClF2N2O. The third-order valence-corrected chi connectivity index (χ3v) is 3.37. The van der Waals surface area contributed by atoms with E-state index in [1.165, 1.54) is 0 Å². The van der Waals surface area contributed by atoms with Crippen LogP contribution in [-0.2, 0) is 4.79 Å². The van der Waals surface area contributed by atoms with Crippen LogP contribution in [0, 0.1) is 11.6 Å². The number of rotatable bonds is 5. The molecule has 0 atom stereocenters. The van der Waals surface area contributed by atoms with E-state index in [1.54, 1.807) is 4.90 Å². The Morgan fingerprint density at radius 3 is 2.68 bits per heavy atom. The molecule has 1 aliphatic rings. The van der Waals surface area contributed by atoms with Gasteiger partial charge in [-0.3, -0.25) is 4.79 Å². The first-order valence-electron chi connectivity index (χ1n) is 6.20. The van der Waals surface area contributed by atoms with Gasteiger partial charge in [-0.2, -0.15) is 0 Å². The zero-order chi connectivity index (χ0) is 14.0. The van der Waals surface area contributed by atoms with E-state index in [4.69, 9.17) is 11.6 Å². The lowest BCUT2D eigenvalue weighted by atomic mass is 10.3. The molecule has 0 heterocycles. The van der Waals surface area contributed by atoms with Gasteiger partial charge in [0, 0.05) is 18.7 Å². The largest absolute Gasteiger partial charge is 0.373 e. The van der Waals surface area contributed by atoms with Gasteiger partial charge in [-0.05, 0) is 25.8 Å². The van der Waals surface area contributed by atoms with E-state index in [9.17, 15) is 13.6 Å². The van der Waals surface area contributed by atoms with Crippen LogP contribution in [0.4, 0.5) is 14.5 Å². The average Bonchev–Trinajstić information content (AvgIpc) is 3.13. The van der Waals surface area contributed by atoms with Crippen LogP contribution in [0.1, 0.15) is 19.8 Å². The zero-order valence-corrected chi connectivity index (χ0v) is 11.3. The highest BCUT2D eigenvalue weighted by atomic mass is 35.5. The van der Waals surface area contributed by atoms with Crippen LogP contribution < -0.4 is 5.32 Å². The molecule has 0 aliphatic heterocycles. The Balaban J connectivity index is 2.00. The Labute approximate surface area is 115 Å². The summed E-state index contributed by atoms with van der Waals surface area (Å²) in [5.41, 5.74) is -0.0386. The van der Waals surface area contributed by atoms with Crippen molar-refractivity contribution in [3.05, 3.63) is 28.8 Å². The molecule has 0 bridgehead atoms. The quantitative estimate of drug-likeness (QED) is 0.903. The maximum Gasteiger partial charge on any atom is 0.242 e. The molecule has 0 unspecified atom stereocenters. The molecule has 0 radical (unpaired) electrons. The van der Waals surface area contributed by atoms with E-state index in [-0.39, 0.29) is 23.2 Å². The lowest BCUT2D eigenvalue weighted by molar-refractivity contribution is -0.129. The number of nitrogens with one attached hydrogen (secondary N) is 1. The second-order valence-corrected chi connectivity index (χ2v) is 4.92. The molecule has 1 fully saturated rings. The minimum atomic E-state index is -0.799. The first kappa shape index (κ1) is 14.1. The van der Waals surface area contributed by atoms with Crippen molar-refractivity contribution in [2.45, 2.75) is 25.8 Å². The highest BCUT2D eigenvalue weighted by Gasteiger charge is 2.31. The standard InChI is InChI=1S/C13H15ClF2N2O/c1-2-18(9-3-4-9)12(19)7-17-13-10(14)5-8(15)6-11(13)16/h5-6,9,17H,2-4,7H2,1H3. The van der Waals surface area contributed by atoms with E-state index < -0.39 is 11.6 Å². The highest BCUT2D eigenvalue weighted by molar-refractivity contribution is 6.33. The van der Waals surface area contributed by atoms with E-state index in [0.29, 0.717) is 12.6 Å². The number of nitrogens with zero attached hydrogens (tertiary/aromatic N) is 1. The van der Waals surface area contributed by atoms with Crippen LogP contribution in [0.2, 0.25) is 5.02 Å². The van der Waals surface area contributed by atoms with Crippen LogP contribution in [0.25, 0.3) is 0 Å². The summed E-state index contributed by atoms with van der Waals surface area (Å²) in [5, 5.41) is 2.57. The normalized spacial score (nSPS) is 14.3. The van der Waals surface area contributed by atoms with Gasteiger partial charge in [-0.25, -0.2) is 8.78 Å². The summed E-state index contributed by atoms with van der Waals surface area (Å²) in [7, 11) is 0. The molecule has 0 spiro atoms. The third-order valence-electron chi connectivity index (χ3n) is 3.07. The molecular weight excluding hydrogens is 274 g/mol. The van der Waals surface area contributed by atoms with Gasteiger partial charge >= 0.3 is 0 Å². The molecule has 1 amide bonds. The number of hydrogen-bond donors (Lipinski definition) is 1. The molecule has 1 N–H and O–H groups in total. The Hall–Kier alpha value is -1.36. The molecule has 3 nitrogen and oxygen atoms in total. The smallest absolute Gasteiger partial charge is 0.242 e. The topological polar surface area (TPSA) is 32.3 Å². The van der Waals surface area contributed by atoms with Crippen molar-refractivity contribution < 1.29 is 13.6 Å². The number of carbonyl (C=O) groups excluding carboxylic acids is 1. The van der Waals surface area contributed by atoms with Crippen molar-refractivity contribution in [2.75, 3.05) is 18.4 Å². The molecule has 0 saturated heterocycles. The third kappa shape index (κ3) is 3.35. The molecule has 0 aromatic heterocycles. The molecule has 6 heteroatoms. The number of hydrogen-bond acceptors (Lipinski definition) is 2. The van der Waals surface area contributed by atoms with Gasteiger partial charge in [-0.1, -0.05) is 11.6 Å². The number of halogens is 3. The number of anilines is 1. The van der Waals surface area contributed by atoms with Crippen molar-refractivity contribution >= 4 is 23.2 Å². The lowest BCUT2D eigenvalue weighted by Gasteiger charge is -2.21. The maximum atomic E-state index is 13.5. The van der Waals surface area contributed by atoms with Crippen LogP contribution in [0.5, 0.6) is 0 Å². The Morgan fingerprint density at radius 2 is 2.16 bits per heavy atom. The van der Waals surface area contributed by atoms with Gasteiger partial charge in [0.05, 0.1) is 17.3 Å². The van der Waals surface area contributed by atoms with Crippen LogP contribution >= 0.6 is 11.6 Å². The first-order chi connectivity index (χ1) is 9.02. The minimum Gasteiger partial charge on any atom is -0.373 e. The summed E-state index contributed by atoms with van der Waals surface area (Å²) >= 11 is 5.74. The Kier molecular flexibility index (Phi) is 4.24. The highest BCUT2D eigenvalue weighted by Crippen LogP contribution is 2.28. The number of benzene rings is 1. The van der Waals surface area contributed by atoms with E-state index in [0.717, 1.165) is 25.0 Å². The van der Waals surface area contributed by atoms with Crippen molar-refractivity contribution in [1.82, 2.24) is 4.90 Å². The Morgan fingerprint density at radius 1 is 1.47 bits per heavy atom.